The lowest BCUT2D eigenvalue weighted by Crippen LogP contribution is -2.09. The lowest BCUT2D eigenvalue weighted by atomic mass is 10.1. The molecule has 0 aliphatic heterocycles. The van der Waals surface area contributed by atoms with Gasteiger partial charge in [0.2, 0.25) is 0 Å². The minimum atomic E-state index is 0.0364. The Morgan fingerprint density at radius 3 is 2.68 bits per heavy atom. The quantitative estimate of drug-likeness (QED) is 0.811. The van der Waals surface area contributed by atoms with Crippen LogP contribution in [0.5, 0.6) is 5.75 Å². The number of ether oxygens (including phenoxy) is 1. The number of hydrogen-bond acceptors (Lipinski definition) is 3. The first kappa shape index (κ1) is 13.6. The first-order valence-corrected chi connectivity index (χ1v) is 6.64. The van der Waals surface area contributed by atoms with E-state index in [1.54, 1.807) is 0 Å². The van der Waals surface area contributed by atoms with E-state index < -0.39 is 0 Å². The van der Waals surface area contributed by atoms with Gasteiger partial charge in [-0.2, -0.15) is 5.10 Å². The predicted octanol–water partition coefficient (Wildman–Crippen LogP) is 2.68. The van der Waals surface area contributed by atoms with Crippen LogP contribution in [0.3, 0.4) is 0 Å². The Hall–Kier alpha value is -1.81. The first-order chi connectivity index (χ1) is 9.18. The van der Waals surface area contributed by atoms with Gasteiger partial charge in [-0.25, -0.2) is 0 Å². The van der Waals surface area contributed by atoms with Gasteiger partial charge in [-0.05, 0) is 26.0 Å². The van der Waals surface area contributed by atoms with Crippen molar-refractivity contribution in [3.8, 4) is 5.75 Å². The molecule has 4 nitrogen and oxygen atoms in total. The highest BCUT2D eigenvalue weighted by molar-refractivity contribution is 5.21. The average molecular weight is 259 g/mol. The normalized spacial score (nSPS) is 12.4. The van der Waals surface area contributed by atoms with Gasteiger partial charge in [-0.3, -0.25) is 4.68 Å². The second-order valence-corrected chi connectivity index (χ2v) is 4.71. The Morgan fingerprint density at radius 1 is 1.32 bits per heavy atom. The third kappa shape index (κ3) is 3.58. The molecule has 0 saturated heterocycles. The smallest absolute Gasteiger partial charge is 0.119 e. The zero-order valence-electron chi connectivity index (χ0n) is 11.5. The second-order valence-electron chi connectivity index (χ2n) is 4.71. The topological polar surface area (TPSA) is 53.1 Å². The van der Waals surface area contributed by atoms with Gasteiger partial charge in [0.25, 0.3) is 0 Å². The van der Waals surface area contributed by atoms with Gasteiger partial charge in [0.15, 0.2) is 0 Å². The molecule has 1 aromatic heterocycles. The van der Waals surface area contributed by atoms with E-state index in [-0.39, 0.29) is 6.04 Å². The molecule has 0 aliphatic carbocycles. The summed E-state index contributed by atoms with van der Waals surface area (Å²) >= 11 is 0. The molecule has 2 aromatic rings. The molecule has 1 unspecified atom stereocenters. The van der Waals surface area contributed by atoms with Gasteiger partial charge in [0.1, 0.15) is 5.75 Å². The van der Waals surface area contributed by atoms with E-state index in [1.165, 1.54) is 0 Å². The fourth-order valence-electron chi connectivity index (χ4n) is 2.05. The van der Waals surface area contributed by atoms with E-state index in [0.29, 0.717) is 6.61 Å². The number of rotatable bonds is 6. The fraction of sp³-hybridized carbons (Fsp3) is 0.400. The number of nitrogens with zero attached hydrogens (tertiary/aromatic N) is 2. The Bertz CT molecular complexity index is 505. The summed E-state index contributed by atoms with van der Waals surface area (Å²) in [6, 6.07) is 9.90. The Morgan fingerprint density at radius 2 is 2.05 bits per heavy atom. The summed E-state index contributed by atoms with van der Waals surface area (Å²) in [7, 11) is 0. The zero-order chi connectivity index (χ0) is 13.7. The number of benzene rings is 1. The molecule has 1 heterocycles. The molecule has 2 N–H and O–H groups in total. The summed E-state index contributed by atoms with van der Waals surface area (Å²) in [6.07, 6.45) is 2.79. The van der Waals surface area contributed by atoms with E-state index in [9.17, 15) is 0 Å². The fourth-order valence-corrected chi connectivity index (χ4v) is 2.05. The van der Waals surface area contributed by atoms with E-state index in [2.05, 4.69) is 12.0 Å². The van der Waals surface area contributed by atoms with Crippen molar-refractivity contribution in [2.45, 2.75) is 32.9 Å². The van der Waals surface area contributed by atoms with Crippen molar-refractivity contribution < 1.29 is 4.74 Å². The van der Waals surface area contributed by atoms with Crippen LogP contribution >= 0.6 is 0 Å². The molecular weight excluding hydrogens is 238 g/mol. The molecule has 0 amide bonds. The first-order valence-electron chi connectivity index (χ1n) is 6.64. The Balaban J connectivity index is 1.80. The van der Waals surface area contributed by atoms with Crippen LogP contribution in [0.1, 0.15) is 30.6 Å². The van der Waals surface area contributed by atoms with E-state index >= 15 is 0 Å². The molecule has 1 atom stereocenters. The van der Waals surface area contributed by atoms with Crippen LogP contribution in [0.15, 0.2) is 36.5 Å². The van der Waals surface area contributed by atoms with Crippen molar-refractivity contribution in [3.63, 3.8) is 0 Å². The Kier molecular flexibility index (Phi) is 4.58. The van der Waals surface area contributed by atoms with Crippen molar-refractivity contribution in [2.24, 2.45) is 5.73 Å². The predicted molar refractivity (Wildman–Crippen MR) is 76.1 cm³/mol. The van der Waals surface area contributed by atoms with E-state index in [0.717, 1.165) is 30.0 Å². The van der Waals surface area contributed by atoms with Crippen molar-refractivity contribution in [2.75, 3.05) is 6.61 Å². The van der Waals surface area contributed by atoms with Crippen LogP contribution < -0.4 is 10.5 Å². The SMILES string of the molecule is Cc1c(C(C)N)cnn1CCCOc1ccccc1. The maximum atomic E-state index is 5.88. The lowest BCUT2D eigenvalue weighted by Gasteiger charge is -2.08. The van der Waals surface area contributed by atoms with Gasteiger partial charge < -0.3 is 10.5 Å². The number of para-hydroxylation sites is 1. The summed E-state index contributed by atoms with van der Waals surface area (Å²) in [5.74, 6) is 0.913. The number of aryl methyl sites for hydroxylation is 1. The summed E-state index contributed by atoms with van der Waals surface area (Å²) in [5, 5.41) is 4.36. The molecule has 0 spiro atoms. The zero-order valence-corrected chi connectivity index (χ0v) is 11.5. The van der Waals surface area contributed by atoms with Gasteiger partial charge >= 0.3 is 0 Å². The maximum Gasteiger partial charge on any atom is 0.119 e. The lowest BCUT2D eigenvalue weighted by molar-refractivity contribution is 0.298. The maximum absolute atomic E-state index is 5.88. The minimum Gasteiger partial charge on any atom is -0.494 e. The molecular formula is C15H21N3O. The number of nitrogens with two attached hydrogens (primary N) is 1. The molecule has 0 saturated carbocycles. The molecule has 4 heteroatoms. The third-order valence-corrected chi connectivity index (χ3v) is 3.16. The number of hydrogen-bond donors (Lipinski definition) is 1. The standard InChI is InChI=1S/C15H21N3O/c1-12(16)15-11-17-18(13(15)2)9-6-10-19-14-7-4-3-5-8-14/h3-5,7-8,11-12H,6,9-10,16H2,1-2H3. The van der Waals surface area contributed by atoms with Gasteiger partial charge in [0, 0.05) is 30.3 Å². The average Bonchev–Trinajstić information content (AvgIpc) is 2.77. The van der Waals surface area contributed by atoms with Crippen molar-refractivity contribution in [1.29, 1.82) is 0 Å². The molecule has 2 rings (SSSR count). The van der Waals surface area contributed by atoms with Crippen LogP contribution in [0.2, 0.25) is 0 Å². The number of aromatic nitrogens is 2. The third-order valence-electron chi connectivity index (χ3n) is 3.16. The van der Waals surface area contributed by atoms with E-state index in [4.69, 9.17) is 10.5 Å². The van der Waals surface area contributed by atoms with Crippen molar-refractivity contribution in [1.82, 2.24) is 9.78 Å². The highest BCUT2D eigenvalue weighted by Gasteiger charge is 2.09. The van der Waals surface area contributed by atoms with Crippen LogP contribution in [-0.2, 0) is 6.54 Å². The van der Waals surface area contributed by atoms with Crippen LogP contribution in [-0.4, -0.2) is 16.4 Å². The molecule has 0 aliphatic rings. The Labute approximate surface area is 114 Å². The molecule has 0 radical (unpaired) electrons. The largest absolute Gasteiger partial charge is 0.494 e. The van der Waals surface area contributed by atoms with Crippen molar-refractivity contribution >= 4 is 0 Å². The minimum absolute atomic E-state index is 0.0364. The monoisotopic (exact) mass is 259 g/mol. The molecule has 102 valence electrons. The summed E-state index contributed by atoms with van der Waals surface area (Å²) in [6.45, 7) is 5.58. The molecule has 19 heavy (non-hydrogen) atoms. The van der Waals surface area contributed by atoms with Crippen molar-refractivity contribution in [3.05, 3.63) is 47.8 Å². The second kappa shape index (κ2) is 6.38. The molecule has 0 fully saturated rings. The van der Waals surface area contributed by atoms with Crippen LogP contribution in [0, 0.1) is 6.92 Å². The highest BCUT2D eigenvalue weighted by Crippen LogP contribution is 2.14. The van der Waals surface area contributed by atoms with Gasteiger partial charge in [0.05, 0.1) is 12.8 Å². The van der Waals surface area contributed by atoms with Crippen LogP contribution in [0.4, 0.5) is 0 Å². The molecule has 0 bridgehead atoms. The molecule has 1 aromatic carbocycles. The van der Waals surface area contributed by atoms with E-state index in [1.807, 2.05) is 48.1 Å². The van der Waals surface area contributed by atoms with Gasteiger partial charge in [-0.15, -0.1) is 0 Å². The van der Waals surface area contributed by atoms with Crippen LogP contribution in [0.25, 0.3) is 0 Å². The summed E-state index contributed by atoms with van der Waals surface area (Å²) < 4.78 is 7.65. The highest BCUT2D eigenvalue weighted by atomic mass is 16.5. The summed E-state index contributed by atoms with van der Waals surface area (Å²) in [4.78, 5) is 0. The summed E-state index contributed by atoms with van der Waals surface area (Å²) in [5.41, 5.74) is 8.14. The van der Waals surface area contributed by atoms with Gasteiger partial charge in [-0.1, -0.05) is 18.2 Å².